The SMILES string of the molecule is N#CCCn1nc(-c2ccc(Cl)cc2)cc1-n1c(C(F)(F)F)nc2ccccc21. The summed E-state index contributed by atoms with van der Waals surface area (Å²) in [5.74, 6) is -0.856. The average molecular weight is 416 g/mol. The normalized spacial score (nSPS) is 11.7. The van der Waals surface area contributed by atoms with Crippen LogP contribution >= 0.6 is 11.6 Å². The minimum atomic E-state index is -4.66. The van der Waals surface area contributed by atoms with Crippen molar-refractivity contribution in [2.75, 3.05) is 0 Å². The van der Waals surface area contributed by atoms with E-state index in [1.165, 1.54) is 10.7 Å². The van der Waals surface area contributed by atoms with Gasteiger partial charge < -0.3 is 0 Å². The number of rotatable bonds is 4. The van der Waals surface area contributed by atoms with Gasteiger partial charge in [0.25, 0.3) is 0 Å². The molecule has 0 saturated carbocycles. The Morgan fingerprint density at radius 1 is 1.07 bits per heavy atom. The maximum atomic E-state index is 13.8. The molecule has 0 radical (unpaired) electrons. The monoisotopic (exact) mass is 415 g/mol. The summed E-state index contributed by atoms with van der Waals surface area (Å²) in [6.07, 6.45) is -4.56. The molecule has 0 bridgehead atoms. The van der Waals surface area contributed by atoms with Gasteiger partial charge in [-0.2, -0.15) is 23.5 Å². The molecule has 2 heterocycles. The number of nitrogens with zero attached hydrogens (tertiary/aromatic N) is 5. The van der Waals surface area contributed by atoms with Crippen LogP contribution in [0.25, 0.3) is 28.1 Å². The summed E-state index contributed by atoms with van der Waals surface area (Å²) in [5.41, 5.74) is 1.70. The van der Waals surface area contributed by atoms with Crippen molar-refractivity contribution in [1.82, 2.24) is 19.3 Å². The van der Waals surface area contributed by atoms with Gasteiger partial charge in [-0.1, -0.05) is 35.9 Å². The second kappa shape index (κ2) is 7.26. The summed E-state index contributed by atoms with van der Waals surface area (Å²) in [7, 11) is 0. The first-order chi connectivity index (χ1) is 13.9. The molecule has 0 fully saturated rings. The van der Waals surface area contributed by atoms with Crippen molar-refractivity contribution in [1.29, 1.82) is 5.26 Å². The lowest BCUT2D eigenvalue weighted by Crippen LogP contribution is -2.17. The predicted octanol–water partition coefficient (Wildman–Crippen LogP) is 5.47. The molecular formula is C20H13ClF3N5. The summed E-state index contributed by atoms with van der Waals surface area (Å²) in [6, 6.07) is 16.8. The highest BCUT2D eigenvalue weighted by Gasteiger charge is 2.38. The van der Waals surface area contributed by atoms with Crippen LogP contribution in [0.5, 0.6) is 0 Å². The van der Waals surface area contributed by atoms with E-state index < -0.39 is 12.0 Å². The molecule has 2 aromatic heterocycles. The van der Waals surface area contributed by atoms with Crippen LogP contribution in [0, 0.1) is 11.3 Å². The molecule has 0 aliphatic carbocycles. The standard InChI is InChI=1S/C20H13ClF3N5/c21-14-8-6-13(7-9-14)16-12-18(28(27-16)11-3-10-25)29-17-5-2-1-4-15(17)26-19(29)20(22,23)24/h1-2,4-9,12H,3,11H2. The smallest absolute Gasteiger partial charge is 0.273 e. The number of hydrogen-bond donors (Lipinski definition) is 0. The number of halogens is 4. The van der Waals surface area contributed by atoms with Crippen molar-refractivity contribution in [2.45, 2.75) is 19.1 Å². The average Bonchev–Trinajstić information content (AvgIpc) is 3.28. The van der Waals surface area contributed by atoms with Crippen LogP contribution in [0.3, 0.4) is 0 Å². The molecule has 5 nitrogen and oxygen atoms in total. The minimum Gasteiger partial charge on any atom is -0.273 e. The van der Waals surface area contributed by atoms with Gasteiger partial charge in [-0.3, -0.25) is 4.57 Å². The minimum absolute atomic E-state index is 0.0999. The fourth-order valence-corrected chi connectivity index (χ4v) is 3.24. The molecular weight excluding hydrogens is 403 g/mol. The Labute approximate surface area is 168 Å². The van der Waals surface area contributed by atoms with Gasteiger partial charge in [0.15, 0.2) is 0 Å². The van der Waals surface area contributed by atoms with Gasteiger partial charge in [0.05, 0.1) is 35.8 Å². The molecule has 146 valence electrons. The number of aromatic nitrogens is 4. The number of para-hydroxylation sites is 2. The zero-order chi connectivity index (χ0) is 20.6. The molecule has 4 rings (SSSR count). The second-order valence-electron chi connectivity index (χ2n) is 6.28. The third kappa shape index (κ3) is 3.57. The van der Waals surface area contributed by atoms with Crippen LogP contribution in [0.2, 0.25) is 5.02 Å². The fraction of sp³-hybridized carbons (Fsp3) is 0.150. The molecule has 0 saturated heterocycles. The molecule has 0 spiro atoms. The first-order valence-corrected chi connectivity index (χ1v) is 9.02. The van der Waals surface area contributed by atoms with E-state index in [9.17, 15) is 13.2 Å². The second-order valence-corrected chi connectivity index (χ2v) is 6.72. The predicted molar refractivity (Wildman–Crippen MR) is 103 cm³/mol. The van der Waals surface area contributed by atoms with Crippen LogP contribution in [-0.2, 0) is 12.7 Å². The van der Waals surface area contributed by atoms with E-state index in [1.54, 1.807) is 48.5 Å². The van der Waals surface area contributed by atoms with Crippen molar-refractivity contribution in [3.63, 3.8) is 0 Å². The van der Waals surface area contributed by atoms with E-state index in [1.807, 2.05) is 6.07 Å². The zero-order valence-electron chi connectivity index (χ0n) is 14.9. The summed E-state index contributed by atoms with van der Waals surface area (Å²) in [6.45, 7) is 0.142. The van der Waals surface area contributed by atoms with Crippen LogP contribution in [0.1, 0.15) is 12.2 Å². The maximum absolute atomic E-state index is 13.8. The van der Waals surface area contributed by atoms with Gasteiger partial charge in [0.2, 0.25) is 5.82 Å². The molecule has 0 amide bonds. The fourth-order valence-electron chi connectivity index (χ4n) is 3.12. The van der Waals surface area contributed by atoms with Crippen molar-refractivity contribution in [3.8, 4) is 23.1 Å². The van der Waals surface area contributed by atoms with Gasteiger partial charge in [0.1, 0.15) is 5.82 Å². The topological polar surface area (TPSA) is 59.4 Å². The van der Waals surface area contributed by atoms with Crippen molar-refractivity contribution >= 4 is 22.6 Å². The van der Waals surface area contributed by atoms with E-state index in [0.717, 1.165) is 4.57 Å². The van der Waals surface area contributed by atoms with Gasteiger partial charge in [-0.05, 0) is 24.3 Å². The van der Waals surface area contributed by atoms with Crippen LogP contribution < -0.4 is 0 Å². The molecule has 0 unspecified atom stereocenters. The van der Waals surface area contributed by atoms with E-state index in [2.05, 4.69) is 10.1 Å². The Balaban J connectivity index is 1.97. The van der Waals surface area contributed by atoms with Gasteiger partial charge in [0, 0.05) is 16.7 Å². The Morgan fingerprint density at radius 2 is 1.79 bits per heavy atom. The van der Waals surface area contributed by atoms with Gasteiger partial charge >= 0.3 is 6.18 Å². The van der Waals surface area contributed by atoms with Gasteiger partial charge in [-0.25, -0.2) is 9.67 Å². The number of hydrogen-bond acceptors (Lipinski definition) is 3. The van der Waals surface area contributed by atoms with E-state index in [0.29, 0.717) is 21.8 Å². The molecule has 0 aliphatic heterocycles. The highest BCUT2D eigenvalue weighted by molar-refractivity contribution is 6.30. The number of nitriles is 1. The van der Waals surface area contributed by atoms with E-state index in [-0.39, 0.29) is 24.3 Å². The Kier molecular flexibility index (Phi) is 4.76. The Bertz CT molecular complexity index is 1220. The molecule has 29 heavy (non-hydrogen) atoms. The number of imidazole rings is 1. The summed E-state index contributed by atoms with van der Waals surface area (Å²) in [5, 5.41) is 13.9. The number of alkyl halides is 3. The third-order valence-electron chi connectivity index (χ3n) is 4.38. The molecule has 0 N–H and O–H groups in total. The highest BCUT2D eigenvalue weighted by atomic mass is 35.5. The van der Waals surface area contributed by atoms with E-state index in [4.69, 9.17) is 16.9 Å². The molecule has 9 heteroatoms. The first-order valence-electron chi connectivity index (χ1n) is 8.64. The lowest BCUT2D eigenvalue weighted by atomic mass is 10.1. The number of aryl methyl sites for hydroxylation is 1. The summed E-state index contributed by atoms with van der Waals surface area (Å²) < 4.78 is 43.7. The summed E-state index contributed by atoms with van der Waals surface area (Å²) >= 11 is 5.92. The maximum Gasteiger partial charge on any atom is 0.450 e. The van der Waals surface area contributed by atoms with Crippen LogP contribution in [0.15, 0.2) is 54.6 Å². The Morgan fingerprint density at radius 3 is 2.48 bits per heavy atom. The highest BCUT2D eigenvalue weighted by Crippen LogP contribution is 2.35. The Hall–Kier alpha value is -3.31. The van der Waals surface area contributed by atoms with Crippen molar-refractivity contribution in [2.24, 2.45) is 0 Å². The molecule has 0 aliphatic rings. The first kappa shape index (κ1) is 19.0. The van der Waals surface area contributed by atoms with Gasteiger partial charge in [-0.15, -0.1) is 0 Å². The summed E-state index contributed by atoms with van der Waals surface area (Å²) in [4.78, 5) is 3.79. The van der Waals surface area contributed by atoms with Crippen molar-refractivity contribution < 1.29 is 13.2 Å². The lowest BCUT2D eigenvalue weighted by molar-refractivity contribution is -0.145. The largest absolute Gasteiger partial charge is 0.450 e. The molecule has 4 aromatic rings. The quantitative estimate of drug-likeness (QED) is 0.443. The third-order valence-corrected chi connectivity index (χ3v) is 4.63. The van der Waals surface area contributed by atoms with E-state index >= 15 is 0 Å². The van der Waals surface area contributed by atoms with Crippen LogP contribution in [0.4, 0.5) is 13.2 Å². The zero-order valence-corrected chi connectivity index (χ0v) is 15.6. The molecule has 0 atom stereocenters. The number of benzene rings is 2. The number of fused-ring (bicyclic) bond motifs is 1. The lowest BCUT2D eigenvalue weighted by Gasteiger charge is -2.12. The molecule has 2 aromatic carbocycles. The van der Waals surface area contributed by atoms with Crippen LogP contribution in [-0.4, -0.2) is 19.3 Å². The van der Waals surface area contributed by atoms with Crippen molar-refractivity contribution in [3.05, 3.63) is 65.4 Å².